The Kier molecular flexibility index (Phi) is 9.38. The van der Waals surface area contributed by atoms with Crippen molar-refractivity contribution in [1.82, 2.24) is 9.80 Å². The summed E-state index contributed by atoms with van der Waals surface area (Å²) in [5.41, 5.74) is 2.43. The van der Waals surface area contributed by atoms with Crippen LogP contribution < -0.4 is 9.47 Å². The third-order valence-electron chi connectivity index (χ3n) is 6.29. The Labute approximate surface area is 203 Å². The van der Waals surface area contributed by atoms with Gasteiger partial charge in [-0.15, -0.1) is 0 Å². The Morgan fingerprint density at radius 2 is 1.44 bits per heavy atom. The maximum atomic E-state index is 6.04. The van der Waals surface area contributed by atoms with E-state index in [4.69, 9.17) is 14.2 Å². The molecule has 3 aromatic carbocycles. The summed E-state index contributed by atoms with van der Waals surface area (Å²) in [7, 11) is 1.73. The predicted octanol–water partition coefficient (Wildman–Crippen LogP) is 5.25. The molecule has 4 rings (SSSR count). The highest BCUT2D eigenvalue weighted by Gasteiger charge is 2.16. The van der Waals surface area contributed by atoms with Crippen molar-refractivity contribution >= 4 is 0 Å². The van der Waals surface area contributed by atoms with Gasteiger partial charge in [0.1, 0.15) is 17.2 Å². The van der Waals surface area contributed by atoms with Crippen molar-refractivity contribution in [2.24, 2.45) is 0 Å². The quantitative estimate of drug-likeness (QED) is 0.345. The average Bonchev–Trinajstić information content (AvgIpc) is 2.89. The number of piperazine rings is 1. The van der Waals surface area contributed by atoms with Gasteiger partial charge in [0, 0.05) is 38.3 Å². The van der Waals surface area contributed by atoms with Gasteiger partial charge in [-0.25, -0.2) is 0 Å². The molecule has 180 valence electrons. The van der Waals surface area contributed by atoms with Crippen LogP contribution in [-0.2, 0) is 17.8 Å². The van der Waals surface area contributed by atoms with E-state index in [1.807, 2.05) is 54.6 Å². The molecule has 1 heterocycles. The van der Waals surface area contributed by atoms with Gasteiger partial charge in [0.25, 0.3) is 0 Å². The summed E-state index contributed by atoms with van der Waals surface area (Å²) in [4.78, 5) is 5.08. The van der Waals surface area contributed by atoms with Gasteiger partial charge in [0.15, 0.2) is 0 Å². The van der Waals surface area contributed by atoms with Crippen molar-refractivity contribution in [3.05, 3.63) is 90.0 Å². The van der Waals surface area contributed by atoms with Crippen LogP contribution >= 0.6 is 0 Å². The fourth-order valence-electron chi connectivity index (χ4n) is 4.29. The minimum Gasteiger partial charge on any atom is -0.497 e. The lowest BCUT2D eigenvalue weighted by molar-refractivity contribution is 0.0676. The van der Waals surface area contributed by atoms with Crippen LogP contribution in [0.1, 0.15) is 17.5 Å². The van der Waals surface area contributed by atoms with Crippen LogP contribution in [0.25, 0.3) is 0 Å². The Morgan fingerprint density at radius 1 is 0.735 bits per heavy atom. The van der Waals surface area contributed by atoms with E-state index in [0.29, 0.717) is 6.61 Å². The summed E-state index contributed by atoms with van der Waals surface area (Å²) in [6, 6.07) is 26.4. The molecule has 0 unspecified atom stereocenters. The molecule has 1 aliphatic rings. The molecule has 0 bridgehead atoms. The maximum absolute atomic E-state index is 6.04. The standard InChI is InChI=1S/C29H36N2O3/c1-32-28-14-7-9-25(23-28)10-8-16-30-17-19-31(20-18-30)21-22-33-24-26-11-5-6-15-29(26)34-27-12-3-2-4-13-27/h2-7,9,11-15,23H,8,10,16-22,24H2,1H3. The molecule has 0 radical (unpaired) electrons. The second kappa shape index (κ2) is 13.1. The van der Waals surface area contributed by atoms with Crippen molar-refractivity contribution in [3.8, 4) is 17.2 Å². The third-order valence-corrected chi connectivity index (χ3v) is 6.29. The summed E-state index contributed by atoms with van der Waals surface area (Å²) in [6.07, 6.45) is 2.28. The minimum atomic E-state index is 0.563. The lowest BCUT2D eigenvalue weighted by Crippen LogP contribution is -2.47. The van der Waals surface area contributed by atoms with E-state index in [-0.39, 0.29) is 0 Å². The first-order chi connectivity index (χ1) is 16.8. The molecule has 0 amide bonds. The largest absolute Gasteiger partial charge is 0.497 e. The second-order valence-electron chi connectivity index (χ2n) is 8.71. The van der Waals surface area contributed by atoms with Crippen molar-refractivity contribution in [3.63, 3.8) is 0 Å². The summed E-state index contributed by atoms with van der Waals surface area (Å²) in [5.74, 6) is 2.65. The highest BCUT2D eigenvalue weighted by molar-refractivity contribution is 5.37. The number of rotatable bonds is 12. The molecule has 0 saturated carbocycles. The molecule has 0 aromatic heterocycles. The molecule has 0 atom stereocenters. The van der Waals surface area contributed by atoms with Gasteiger partial charge in [0.2, 0.25) is 0 Å². The first-order valence-electron chi connectivity index (χ1n) is 12.3. The van der Waals surface area contributed by atoms with Crippen molar-refractivity contribution in [1.29, 1.82) is 0 Å². The zero-order valence-electron chi connectivity index (χ0n) is 20.2. The minimum absolute atomic E-state index is 0.563. The number of ether oxygens (including phenoxy) is 3. The van der Waals surface area contributed by atoms with Crippen LogP contribution in [0.5, 0.6) is 17.2 Å². The maximum Gasteiger partial charge on any atom is 0.132 e. The highest BCUT2D eigenvalue weighted by atomic mass is 16.5. The summed E-state index contributed by atoms with van der Waals surface area (Å²) < 4.78 is 17.4. The van der Waals surface area contributed by atoms with Gasteiger partial charge in [-0.05, 0) is 55.3 Å². The lowest BCUT2D eigenvalue weighted by Gasteiger charge is -2.34. The zero-order chi connectivity index (χ0) is 23.4. The second-order valence-corrected chi connectivity index (χ2v) is 8.71. The Morgan fingerprint density at radius 3 is 2.24 bits per heavy atom. The van der Waals surface area contributed by atoms with Gasteiger partial charge < -0.3 is 19.1 Å². The van der Waals surface area contributed by atoms with Gasteiger partial charge in [0.05, 0.1) is 20.3 Å². The molecule has 3 aromatic rings. The summed E-state index contributed by atoms with van der Waals surface area (Å²) in [6.45, 7) is 7.89. The van der Waals surface area contributed by atoms with E-state index in [1.165, 1.54) is 12.0 Å². The number of hydrogen-bond acceptors (Lipinski definition) is 5. The van der Waals surface area contributed by atoms with Crippen LogP contribution in [-0.4, -0.2) is 62.8 Å². The van der Waals surface area contributed by atoms with Gasteiger partial charge in [-0.1, -0.05) is 48.5 Å². The number of nitrogens with zero attached hydrogens (tertiary/aromatic N) is 2. The number of benzene rings is 3. The molecule has 1 aliphatic heterocycles. The zero-order valence-corrected chi connectivity index (χ0v) is 20.2. The fourth-order valence-corrected chi connectivity index (χ4v) is 4.29. The first-order valence-corrected chi connectivity index (χ1v) is 12.3. The molecule has 0 spiro atoms. The van der Waals surface area contributed by atoms with Crippen LogP contribution in [0.3, 0.4) is 0 Å². The van der Waals surface area contributed by atoms with Crippen molar-refractivity contribution in [2.75, 3.05) is 53.0 Å². The number of hydrogen-bond donors (Lipinski definition) is 0. The van der Waals surface area contributed by atoms with Crippen LogP contribution in [0.4, 0.5) is 0 Å². The van der Waals surface area contributed by atoms with E-state index in [0.717, 1.165) is 75.1 Å². The SMILES string of the molecule is COc1cccc(CCCN2CCN(CCOCc3ccccc3Oc3ccccc3)CC2)c1. The predicted molar refractivity (Wildman–Crippen MR) is 137 cm³/mol. The van der Waals surface area contributed by atoms with Crippen molar-refractivity contribution < 1.29 is 14.2 Å². The van der Waals surface area contributed by atoms with Crippen molar-refractivity contribution in [2.45, 2.75) is 19.4 Å². The molecule has 1 fully saturated rings. The molecular weight excluding hydrogens is 424 g/mol. The van der Waals surface area contributed by atoms with E-state index >= 15 is 0 Å². The average molecular weight is 461 g/mol. The van der Waals surface area contributed by atoms with Gasteiger partial charge in [-0.2, -0.15) is 0 Å². The van der Waals surface area contributed by atoms with Crippen LogP contribution in [0, 0.1) is 0 Å². The third kappa shape index (κ3) is 7.59. The smallest absolute Gasteiger partial charge is 0.132 e. The summed E-state index contributed by atoms with van der Waals surface area (Å²) in [5, 5.41) is 0. The summed E-state index contributed by atoms with van der Waals surface area (Å²) >= 11 is 0. The van der Waals surface area contributed by atoms with Crippen LogP contribution in [0.2, 0.25) is 0 Å². The van der Waals surface area contributed by atoms with E-state index < -0.39 is 0 Å². The normalized spacial score (nSPS) is 14.7. The molecule has 5 nitrogen and oxygen atoms in total. The topological polar surface area (TPSA) is 34.2 Å². The monoisotopic (exact) mass is 460 g/mol. The number of aryl methyl sites for hydroxylation is 1. The number of para-hydroxylation sites is 2. The Balaban J connectivity index is 1.11. The molecular formula is C29H36N2O3. The first kappa shape index (κ1) is 24.3. The van der Waals surface area contributed by atoms with E-state index in [9.17, 15) is 0 Å². The lowest BCUT2D eigenvalue weighted by atomic mass is 10.1. The highest BCUT2D eigenvalue weighted by Crippen LogP contribution is 2.25. The van der Waals surface area contributed by atoms with Gasteiger partial charge in [-0.3, -0.25) is 4.90 Å². The molecule has 0 aliphatic carbocycles. The molecule has 1 saturated heterocycles. The van der Waals surface area contributed by atoms with E-state index in [2.05, 4.69) is 34.1 Å². The molecule has 0 N–H and O–H groups in total. The number of methoxy groups -OCH3 is 1. The molecule has 34 heavy (non-hydrogen) atoms. The Hall–Kier alpha value is -2.86. The molecule has 5 heteroatoms. The van der Waals surface area contributed by atoms with Crippen LogP contribution in [0.15, 0.2) is 78.9 Å². The van der Waals surface area contributed by atoms with Gasteiger partial charge >= 0.3 is 0 Å². The van der Waals surface area contributed by atoms with E-state index in [1.54, 1.807) is 7.11 Å². The fraction of sp³-hybridized carbons (Fsp3) is 0.379. The Bertz CT molecular complexity index is 987.